The average Bonchev–Trinajstić information content (AvgIpc) is 2.18. The Morgan fingerprint density at radius 3 is 2.79 bits per heavy atom. The molecule has 1 fully saturated rings. The Kier molecular flexibility index (Phi) is 4.39. The molecule has 1 N–H and O–H groups in total. The van der Waals surface area contributed by atoms with Crippen molar-refractivity contribution in [3.63, 3.8) is 0 Å². The van der Waals surface area contributed by atoms with E-state index in [9.17, 15) is 4.79 Å². The predicted octanol–water partition coefficient (Wildman–Crippen LogP) is 1.24. The van der Waals surface area contributed by atoms with E-state index in [2.05, 4.69) is 26.1 Å². The van der Waals surface area contributed by atoms with Gasteiger partial charge < -0.3 is 10.2 Å². The molecule has 0 bridgehead atoms. The summed E-state index contributed by atoms with van der Waals surface area (Å²) in [5.74, 6) is 0.852. The van der Waals surface area contributed by atoms with Crippen LogP contribution in [0.3, 0.4) is 0 Å². The van der Waals surface area contributed by atoms with E-state index in [0.717, 1.165) is 26.1 Å². The molecule has 14 heavy (non-hydrogen) atoms. The van der Waals surface area contributed by atoms with Gasteiger partial charge in [0.2, 0.25) is 5.91 Å². The van der Waals surface area contributed by atoms with Crippen molar-refractivity contribution in [2.24, 2.45) is 5.92 Å². The Morgan fingerprint density at radius 2 is 2.21 bits per heavy atom. The highest BCUT2D eigenvalue weighted by Gasteiger charge is 2.23. The van der Waals surface area contributed by atoms with Crippen molar-refractivity contribution in [2.75, 3.05) is 19.6 Å². The van der Waals surface area contributed by atoms with Crippen molar-refractivity contribution < 1.29 is 4.79 Å². The highest BCUT2D eigenvalue weighted by atomic mass is 16.2. The van der Waals surface area contributed by atoms with Gasteiger partial charge in [0.15, 0.2) is 0 Å². The van der Waals surface area contributed by atoms with Crippen LogP contribution >= 0.6 is 0 Å². The van der Waals surface area contributed by atoms with Crippen molar-refractivity contribution in [2.45, 2.75) is 39.7 Å². The van der Waals surface area contributed by atoms with E-state index in [1.807, 2.05) is 4.90 Å². The average molecular weight is 198 g/mol. The summed E-state index contributed by atoms with van der Waals surface area (Å²) in [5, 5.41) is 3.45. The standard InChI is InChI=1S/C11H22N2O/c1-4-10-9(3)8-13(5-2)11(14)6-7-12-10/h9-10,12H,4-8H2,1-3H3. The Balaban J connectivity index is 2.60. The molecular formula is C11H22N2O. The molecule has 2 atom stereocenters. The topological polar surface area (TPSA) is 32.3 Å². The Morgan fingerprint density at radius 1 is 1.50 bits per heavy atom. The van der Waals surface area contributed by atoms with Gasteiger partial charge in [-0.05, 0) is 19.3 Å². The summed E-state index contributed by atoms with van der Waals surface area (Å²) >= 11 is 0. The summed E-state index contributed by atoms with van der Waals surface area (Å²) < 4.78 is 0. The minimum Gasteiger partial charge on any atom is -0.343 e. The van der Waals surface area contributed by atoms with E-state index in [4.69, 9.17) is 0 Å². The lowest BCUT2D eigenvalue weighted by molar-refractivity contribution is -0.132. The Hall–Kier alpha value is -0.570. The molecule has 0 aromatic rings. The molecule has 82 valence electrons. The van der Waals surface area contributed by atoms with Gasteiger partial charge in [-0.2, -0.15) is 0 Å². The monoisotopic (exact) mass is 198 g/mol. The van der Waals surface area contributed by atoms with Crippen LogP contribution in [0, 0.1) is 5.92 Å². The van der Waals surface area contributed by atoms with Gasteiger partial charge in [0, 0.05) is 32.1 Å². The van der Waals surface area contributed by atoms with Gasteiger partial charge in [-0.15, -0.1) is 0 Å². The summed E-state index contributed by atoms with van der Waals surface area (Å²) in [5.41, 5.74) is 0. The second-order valence-corrected chi connectivity index (χ2v) is 4.13. The van der Waals surface area contributed by atoms with Crippen molar-refractivity contribution in [3.8, 4) is 0 Å². The van der Waals surface area contributed by atoms with E-state index < -0.39 is 0 Å². The number of rotatable bonds is 2. The molecule has 0 saturated carbocycles. The van der Waals surface area contributed by atoms with E-state index in [1.165, 1.54) is 0 Å². The van der Waals surface area contributed by atoms with Crippen LogP contribution in [-0.2, 0) is 4.79 Å². The largest absolute Gasteiger partial charge is 0.343 e. The number of carbonyl (C=O) groups is 1. The van der Waals surface area contributed by atoms with E-state index in [0.29, 0.717) is 24.3 Å². The molecule has 0 aromatic carbocycles. The summed E-state index contributed by atoms with van der Waals surface area (Å²) in [6.45, 7) is 9.07. The lowest BCUT2D eigenvalue weighted by atomic mass is 9.97. The zero-order valence-corrected chi connectivity index (χ0v) is 9.55. The van der Waals surface area contributed by atoms with Crippen LogP contribution in [0.5, 0.6) is 0 Å². The third-order valence-electron chi connectivity index (χ3n) is 3.11. The summed E-state index contributed by atoms with van der Waals surface area (Å²) in [6, 6.07) is 0.567. The molecule has 1 aliphatic rings. The zero-order valence-electron chi connectivity index (χ0n) is 9.55. The van der Waals surface area contributed by atoms with Gasteiger partial charge in [-0.1, -0.05) is 13.8 Å². The predicted molar refractivity (Wildman–Crippen MR) is 58.1 cm³/mol. The molecule has 0 radical (unpaired) electrons. The summed E-state index contributed by atoms with van der Waals surface area (Å²) in [4.78, 5) is 13.6. The SMILES string of the molecule is CCC1NCCC(=O)N(CC)CC1C. The maximum Gasteiger partial charge on any atom is 0.223 e. The van der Waals surface area contributed by atoms with Crippen LogP contribution in [0.4, 0.5) is 0 Å². The number of hydrogen-bond donors (Lipinski definition) is 1. The van der Waals surface area contributed by atoms with Gasteiger partial charge in [0.25, 0.3) is 0 Å². The fourth-order valence-electron chi connectivity index (χ4n) is 2.15. The molecule has 1 heterocycles. The molecule has 3 heteroatoms. The second-order valence-electron chi connectivity index (χ2n) is 4.13. The molecule has 2 unspecified atom stereocenters. The van der Waals surface area contributed by atoms with Gasteiger partial charge in [-0.3, -0.25) is 4.79 Å². The minimum absolute atomic E-state index is 0.293. The van der Waals surface area contributed by atoms with Crippen LogP contribution in [0.1, 0.15) is 33.6 Å². The van der Waals surface area contributed by atoms with E-state index in [1.54, 1.807) is 0 Å². The number of nitrogens with zero attached hydrogens (tertiary/aromatic N) is 1. The van der Waals surface area contributed by atoms with Gasteiger partial charge in [0.05, 0.1) is 0 Å². The lowest BCUT2D eigenvalue weighted by Gasteiger charge is -2.33. The van der Waals surface area contributed by atoms with Gasteiger partial charge in [0.1, 0.15) is 0 Å². The first-order chi connectivity index (χ1) is 6.69. The zero-order chi connectivity index (χ0) is 10.6. The Bertz CT molecular complexity index is 194. The number of carbonyl (C=O) groups excluding carboxylic acids is 1. The molecule has 0 aliphatic carbocycles. The first-order valence-corrected chi connectivity index (χ1v) is 5.70. The van der Waals surface area contributed by atoms with E-state index in [-0.39, 0.29) is 0 Å². The maximum absolute atomic E-state index is 11.6. The Labute approximate surface area is 86.9 Å². The molecular weight excluding hydrogens is 176 g/mol. The summed E-state index contributed by atoms with van der Waals surface area (Å²) in [6.07, 6.45) is 1.80. The smallest absolute Gasteiger partial charge is 0.223 e. The highest BCUT2D eigenvalue weighted by Crippen LogP contribution is 2.12. The molecule has 1 amide bonds. The molecule has 0 spiro atoms. The first-order valence-electron chi connectivity index (χ1n) is 5.70. The second kappa shape index (κ2) is 5.35. The fraction of sp³-hybridized carbons (Fsp3) is 0.909. The summed E-state index contributed by atoms with van der Waals surface area (Å²) in [7, 11) is 0. The van der Waals surface area contributed by atoms with Crippen LogP contribution in [0.25, 0.3) is 0 Å². The maximum atomic E-state index is 11.6. The number of hydrogen-bond acceptors (Lipinski definition) is 2. The molecule has 0 aromatic heterocycles. The van der Waals surface area contributed by atoms with Crippen molar-refractivity contribution in [1.29, 1.82) is 0 Å². The minimum atomic E-state index is 0.293. The molecule has 1 rings (SSSR count). The third kappa shape index (κ3) is 2.71. The lowest BCUT2D eigenvalue weighted by Crippen LogP contribution is -2.47. The molecule has 3 nitrogen and oxygen atoms in total. The molecule has 1 aliphatic heterocycles. The van der Waals surface area contributed by atoms with Crippen LogP contribution in [0.2, 0.25) is 0 Å². The highest BCUT2D eigenvalue weighted by molar-refractivity contribution is 5.76. The van der Waals surface area contributed by atoms with Crippen LogP contribution in [0.15, 0.2) is 0 Å². The van der Waals surface area contributed by atoms with Crippen molar-refractivity contribution >= 4 is 5.91 Å². The van der Waals surface area contributed by atoms with Gasteiger partial charge >= 0.3 is 0 Å². The van der Waals surface area contributed by atoms with E-state index >= 15 is 0 Å². The van der Waals surface area contributed by atoms with Gasteiger partial charge in [-0.25, -0.2) is 0 Å². The fourth-order valence-corrected chi connectivity index (χ4v) is 2.15. The van der Waals surface area contributed by atoms with Crippen molar-refractivity contribution in [1.82, 2.24) is 10.2 Å². The normalized spacial score (nSPS) is 29.9. The quantitative estimate of drug-likeness (QED) is 0.724. The van der Waals surface area contributed by atoms with Crippen LogP contribution < -0.4 is 5.32 Å². The van der Waals surface area contributed by atoms with Crippen LogP contribution in [-0.4, -0.2) is 36.5 Å². The number of nitrogens with one attached hydrogen (secondary N) is 1. The van der Waals surface area contributed by atoms with Crippen molar-refractivity contribution in [3.05, 3.63) is 0 Å². The third-order valence-corrected chi connectivity index (χ3v) is 3.11. The first kappa shape index (κ1) is 11.5. The number of amides is 1. The molecule has 1 saturated heterocycles.